The fourth-order valence-corrected chi connectivity index (χ4v) is 10.2. The first-order valence-electron chi connectivity index (χ1n) is 18.9. The summed E-state index contributed by atoms with van der Waals surface area (Å²) in [5, 5.41) is 12.0. The number of thioether (sulfide) groups is 1. The number of fused-ring (bicyclic) bond motifs is 1. The summed E-state index contributed by atoms with van der Waals surface area (Å²) in [6.07, 6.45) is -0.728. The zero-order valence-electron chi connectivity index (χ0n) is 31.8. The van der Waals surface area contributed by atoms with Gasteiger partial charge in [-0.25, -0.2) is 14.2 Å². The van der Waals surface area contributed by atoms with E-state index in [4.69, 9.17) is 14.6 Å². The maximum atomic E-state index is 14.1. The van der Waals surface area contributed by atoms with E-state index >= 15 is 0 Å². The minimum absolute atomic E-state index is 0.107. The molecule has 2 atom stereocenters. The summed E-state index contributed by atoms with van der Waals surface area (Å²) in [5.41, 5.74) is 4.07. The number of nitrogens with one attached hydrogen (secondary N) is 2. The van der Waals surface area contributed by atoms with Gasteiger partial charge in [-0.3, -0.25) is 14.5 Å². The first-order valence-corrected chi connectivity index (χ1v) is 22.0. The molecule has 0 aliphatic carbocycles. The molecule has 2 aliphatic heterocycles. The number of ether oxygens (including phenoxy) is 1. The molecule has 0 radical (unpaired) electrons. The highest BCUT2D eigenvalue weighted by molar-refractivity contribution is 9.09. The van der Waals surface area contributed by atoms with Crippen LogP contribution in [0.3, 0.4) is 0 Å². The fourth-order valence-electron chi connectivity index (χ4n) is 7.41. The molecular formula is C46H37BrFN5O5S2. The molecule has 14 heteroatoms. The smallest absolute Gasteiger partial charge is 0.356 e. The van der Waals surface area contributed by atoms with Crippen molar-refractivity contribution in [3.05, 3.63) is 202 Å². The van der Waals surface area contributed by atoms with Gasteiger partial charge in [0.15, 0.2) is 16.9 Å². The van der Waals surface area contributed by atoms with Crippen LogP contribution in [0, 0.1) is 0 Å². The second-order valence-corrected chi connectivity index (χ2v) is 16.3. The number of halogens is 2. The molecule has 1 aromatic heterocycles. The van der Waals surface area contributed by atoms with Crippen molar-refractivity contribution in [1.29, 1.82) is 0 Å². The molecule has 6 aromatic rings. The number of rotatable bonds is 15. The molecule has 10 nitrogen and oxygen atoms in total. The van der Waals surface area contributed by atoms with Gasteiger partial charge in [0.05, 0.1) is 0 Å². The molecule has 0 saturated carbocycles. The number of hydrogen-bond donors (Lipinski definition) is 2. The van der Waals surface area contributed by atoms with Gasteiger partial charge in [-0.15, -0.1) is 23.1 Å². The lowest BCUT2D eigenvalue weighted by Crippen LogP contribution is -2.71. The molecular weight excluding hydrogens is 866 g/mol. The summed E-state index contributed by atoms with van der Waals surface area (Å²) in [6.45, 7) is -1.29. The van der Waals surface area contributed by atoms with E-state index in [-0.39, 0.29) is 17.1 Å². The standard InChI is InChI=1S/C46H37BrFN5O5S2/c47-26-32-27-59-43-38(42(55)53(43)39(32)44(56)58-40(30-16-6-1-7-17-30)31-18-8-2-9-19-31)50-41(54)37(52-57-29-48)36-28-60-45(49-36)51-46(33-20-10-3-11-21-33,34-22-12-4-13-23-34)35-24-14-5-15-25-35/h1-25,28,38,40,43H,26-27,29H2,(H,49,51)(H,50,54)/b52-37-/t38-,43-/m1/s1. The topological polar surface area (TPSA) is 122 Å². The molecule has 3 heterocycles. The van der Waals surface area contributed by atoms with Crippen molar-refractivity contribution in [2.45, 2.75) is 23.1 Å². The predicted molar refractivity (Wildman–Crippen MR) is 235 cm³/mol. The number of esters is 1. The van der Waals surface area contributed by atoms with Crippen LogP contribution in [0.25, 0.3) is 0 Å². The van der Waals surface area contributed by atoms with Crippen LogP contribution in [-0.4, -0.2) is 62.7 Å². The number of oxime groups is 1. The number of carbonyl (C=O) groups excluding carboxylic acids is 3. The average molecular weight is 903 g/mol. The number of aromatic nitrogens is 1. The molecule has 2 N–H and O–H groups in total. The molecule has 1 fully saturated rings. The van der Waals surface area contributed by atoms with Crippen molar-refractivity contribution in [1.82, 2.24) is 15.2 Å². The van der Waals surface area contributed by atoms with E-state index in [2.05, 4.69) is 31.7 Å². The molecule has 1 saturated heterocycles. The van der Waals surface area contributed by atoms with Crippen LogP contribution in [0.15, 0.2) is 173 Å². The SMILES string of the molecule is O=C(OC(c1ccccc1)c1ccccc1)C1=C(CBr)CS[C@@H]2[C@H](NC(=O)/C(=N\OCF)c3csc(NC(c4ccccc4)(c4ccccc4)c4ccccc4)n3)C(=O)N12. The maximum Gasteiger partial charge on any atom is 0.356 e. The van der Waals surface area contributed by atoms with E-state index in [1.165, 1.54) is 28.0 Å². The number of benzene rings is 5. The first kappa shape index (κ1) is 40.7. The molecule has 302 valence electrons. The van der Waals surface area contributed by atoms with Crippen molar-refractivity contribution >= 4 is 67.7 Å². The largest absolute Gasteiger partial charge is 0.448 e. The van der Waals surface area contributed by atoms with Crippen molar-refractivity contribution in [3.8, 4) is 0 Å². The molecule has 8 rings (SSSR count). The third-order valence-electron chi connectivity index (χ3n) is 10.2. The Morgan fingerprint density at radius 1 is 0.833 bits per heavy atom. The fraction of sp³-hybridized carbons (Fsp3) is 0.152. The minimum atomic E-state index is -1.29. The third kappa shape index (κ3) is 8.10. The number of anilines is 1. The monoisotopic (exact) mass is 901 g/mol. The first-order chi connectivity index (χ1) is 29.4. The van der Waals surface area contributed by atoms with Gasteiger partial charge < -0.3 is 20.2 Å². The number of β-lactam (4-membered cyclic amide) rings is 1. The highest BCUT2D eigenvalue weighted by Crippen LogP contribution is 2.43. The van der Waals surface area contributed by atoms with Gasteiger partial charge >= 0.3 is 5.97 Å². The van der Waals surface area contributed by atoms with Gasteiger partial charge in [-0.05, 0) is 33.4 Å². The Morgan fingerprint density at radius 2 is 1.35 bits per heavy atom. The Labute approximate surface area is 362 Å². The van der Waals surface area contributed by atoms with Gasteiger partial charge in [-0.2, -0.15) is 0 Å². The lowest BCUT2D eigenvalue weighted by atomic mass is 9.77. The summed E-state index contributed by atoms with van der Waals surface area (Å²) < 4.78 is 19.6. The van der Waals surface area contributed by atoms with Crippen LogP contribution in [0.1, 0.15) is 39.6 Å². The number of nitrogens with zero attached hydrogens (tertiary/aromatic N) is 3. The number of carbonyl (C=O) groups is 3. The van der Waals surface area contributed by atoms with Crippen molar-refractivity contribution < 1.29 is 28.3 Å². The van der Waals surface area contributed by atoms with Gasteiger partial charge in [0.25, 0.3) is 18.7 Å². The zero-order valence-corrected chi connectivity index (χ0v) is 35.0. The van der Waals surface area contributed by atoms with Crippen LogP contribution >= 0.6 is 39.0 Å². The summed E-state index contributed by atoms with van der Waals surface area (Å²) >= 11 is 6.13. The summed E-state index contributed by atoms with van der Waals surface area (Å²) in [6, 6.07) is 47.6. The van der Waals surface area contributed by atoms with E-state index in [0.717, 1.165) is 27.8 Å². The molecule has 0 bridgehead atoms. The molecule has 2 amide bonds. The van der Waals surface area contributed by atoms with Crippen LogP contribution in [-0.2, 0) is 29.5 Å². The normalized spacial score (nSPS) is 16.5. The highest BCUT2D eigenvalue weighted by Gasteiger charge is 2.55. The summed E-state index contributed by atoms with van der Waals surface area (Å²) in [5.74, 6) is -1.57. The average Bonchev–Trinajstić information content (AvgIpc) is 3.77. The van der Waals surface area contributed by atoms with Gasteiger partial charge in [-0.1, -0.05) is 173 Å². The van der Waals surface area contributed by atoms with E-state index < -0.39 is 47.7 Å². The van der Waals surface area contributed by atoms with Crippen LogP contribution in [0.4, 0.5) is 9.52 Å². The predicted octanol–water partition coefficient (Wildman–Crippen LogP) is 8.58. The molecule has 0 unspecified atom stereocenters. The van der Waals surface area contributed by atoms with E-state index in [1.54, 1.807) is 5.38 Å². The quantitative estimate of drug-likeness (QED) is 0.0263. The Morgan fingerprint density at radius 3 is 1.85 bits per heavy atom. The minimum Gasteiger partial charge on any atom is -0.448 e. The van der Waals surface area contributed by atoms with Gasteiger partial charge in [0, 0.05) is 16.5 Å². The number of alkyl halides is 2. The summed E-state index contributed by atoms with van der Waals surface area (Å²) in [7, 11) is 0. The van der Waals surface area contributed by atoms with Gasteiger partial charge in [0.2, 0.25) is 0 Å². The Hall–Kier alpha value is -6.09. The molecule has 2 aliphatic rings. The van der Waals surface area contributed by atoms with Crippen LogP contribution in [0.5, 0.6) is 0 Å². The second kappa shape index (κ2) is 18.4. The number of amides is 2. The van der Waals surface area contributed by atoms with Gasteiger partial charge in [0.1, 0.15) is 28.3 Å². The molecule has 60 heavy (non-hydrogen) atoms. The van der Waals surface area contributed by atoms with Crippen molar-refractivity contribution in [2.75, 3.05) is 23.3 Å². The maximum absolute atomic E-state index is 14.1. The van der Waals surface area contributed by atoms with Crippen LogP contribution in [0.2, 0.25) is 0 Å². The summed E-state index contributed by atoms with van der Waals surface area (Å²) in [4.78, 5) is 53.0. The highest BCUT2D eigenvalue weighted by atomic mass is 79.9. The Balaban J connectivity index is 1.04. The number of hydrogen-bond acceptors (Lipinski definition) is 10. The Bertz CT molecular complexity index is 2380. The molecule has 5 aromatic carbocycles. The Kier molecular flexibility index (Phi) is 12.5. The lowest BCUT2D eigenvalue weighted by molar-refractivity contribution is -0.154. The van der Waals surface area contributed by atoms with Crippen molar-refractivity contribution in [3.63, 3.8) is 0 Å². The number of thiazole rings is 1. The zero-order chi connectivity index (χ0) is 41.5. The third-order valence-corrected chi connectivity index (χ3v) is 13.0. The second-order valence-electron chi connectivity index (χ2n) is 13.7. The lowest BCUT2D eigenvalue weighted by Gasteiger charge is -2.49. The van der Waals surface area contributed by atoms with Crippen LogP contribution < -0.4 is 10.6 Å². The molecule has 0 spiro atoms. The van der Waals surface area contributed by atoms with E-state index in [9.17, 15) is 18.8 Å². The van der Waals surface area contributed by atoms with E-state index in [0.29, 0.717) is 21.8 Å². The van der Waals surface area contributed by atoms with Crippen molar-refractivity contribution in [2.24, 2.45) is 5.16 Å². The van der Waals surface area contributed by atoms with E-state index in [1.807, 2.05) is 152 Å².